The number of allylic oxidation sites excluding steroid dienone is 1. The van der Waals surface area contributed by atoms with E-state index in [9.17, 15) is 9.59 Å². The number of ketones is 1. The minimum absolute atomic E-state index is 0.200. The topological polar surface area (TPSA) is 90.6 Å². The Morgan fingerprint density at radius 3 is 2.42 bits per heavy atom. The van der Waals surface area contributed by atoms with Crippen LogP contribution in [0.5, 0.6) is 11.5 Å². The minimum atomic E-state index is -0.510. The Kier molecular flexibility index (Phi) is 5.57. The largest absolute Gasteiger partial charge is 0.493 e. The number of amides is 1. The molecule has 124 valence electrons. The van der Waals surface area contributed by atoms with Gasteiger partial charge in [0.15, 0.2) is 17.3 Å². The van der Waals surface area contributed by atoms with Gasteiger partial charge in [0.25, 0.3) is 0 Å². The van der Waals surface area contributed by atoms with Crippen molar-refractivity contribution in [3.63, 3.8) is 0 Å². The summed E-state index contributed by atoms with van der Waals surface area (Å²) in [6.07, 6.45) is 2.89. The average molecular weight is 326 g/mol. The van der Waals surface area contributed by atoms with Gasteiger partial charge in [-0.05, 0) is 36.4 Å². The zero-order chi connectivity index (χ0) is 17.5. The number of carbonyl (C=O) groups excluding carboxylic acids is 2. The van der Waals surface area contributed by atoms with Crippen LogP contribution in [-0.2, 0) is 0 Å². The third-order valence-electron chi connectivity index (χ3n) is 3.30. The van der Waals surface area contributed by atoms with Gasteiger partial charge < -0.3 is 20.5 Å². The highest BCUT2D eigenvalue weighted by Crippen LogP contribution is 2.27. The van der Waals surface area contributed by atoms with E-state index in [1.807, 2.05) is 0 Å². The standard InChI is InChI=1S/C18H18N2O4/c1-23-16-7-6-12(11-17(16)24-2)15(21)8-9-20-14-5-3-4-13(10-14)18(19)22/h3-11,20H,1-2H3,(H2,19,22)/b9-8+. The molecule has 0 aromatic heterocycles. The lowest BCUT2D eigenvalue weighted by Crippen LogP contribution is -2.10. The first-order valence-electron chi connectivity index (χ1n) is 7.14. The van der Waals surface area contributed by atoms with Crippen LogP contribution in [0.25, 0.3) is 0 Å². The van der Waals surface area contributed by atoms with Gasteiger partial charge >= 0.3 is 0 Å². The summed E-state index contributed by atoms with van der Waals surface area (Å²) in [5.41, 5.74) is 6.74. The van der Waals surface area contributed by atoms with Gasteiger partial charge in [-0.2, -0.15) is 0 Å². The number of benzene rings is 2. The lowest BCUT2D eigenvalue weighted by Gasteiger charge is -2.08. The number of nitrogens with two attached hydrogens (primary N) is 1. The van der Waals surface area contributed by atoms with Gasteiger partial charge in [0.05, 0.1) is 14.2 Å². The first-order chi connectivity index (χ1) is 11.5. The van der Waals surface area contributed by atoms with Crippen molar-refractivity contribution in [2.24, 2.45) is 5.73 Å². The molecule has 0 atom stereocenters. The molecule has 3 N–H and O–H groups in total. The van der Waals surface area contributed by atoms with Gasteiger partial charge in [-0.3, -0.25) is 9.59 Å². The molecule has 6 heteroatoms. The summed E-state index contributed by atoms with van der Waals surface area (Å²) >= 11 is 0. The molecule has 0 fully saturated rings. The fourth-order valence-electron chi connectivity index (χ4n) is 2.06. The van der Waals surface area contributed by atoms with E-state index in [-0.39, 0.29) is 5.78 Å². The van der Waals surface area contributed by atoms with Crippen LogP contribution in [-0.4, -0.2) is 25.9 Å². The predicted octanol–water partition coefficient (Wildman–Crippen LogP) is 2.61. The molecule has 0 heterocycles. The van der Waals surface area contributed by atoms with Crippen molar-refractivity contribution in [2.45, 2.75) is 0 Å². The Hall–Kier alpha value is -3.28. The van der Waals surface area contributed by atoms with Gasteiger partial charge in [-0.1, -0.05) is 6.07 Å². The normalized spacial score (nSPS) is 10.4. The lowest BCUT2D eigenvalue weighted by molar-refractivity contribution is 0.0998. The number of hydrogen-bond donors (Lipinski definition) is 2. The highest BCUT2D eigenvalue weighted by molar-refractivity contribution is 6.05. The number of hydrogen-bond acceptors (Lipinski definition) is 5. The molecule has 6 nitrogen and oxygen atoms in total. The number of methoxy groups -OCH3 is 2. The molecule has 0 saturated heterocycles. The second-order valence-corrected chi connectivity index (χ2v) is 4.86. The quantitative estimate of drug-likeness (QED) is 0.603. The summed E-state index contributed by atoms with van der Waals surface area (Å²) in [7, 11) is 3.04. The summed E-state index contributed by atoms with van der Waals surface area (Å²) < 4.78 is 10.3. The third-order valence-corrected chi connectivity index (χ3v) is 3.30. The first-order valence-corrected chi connectivity index (χ1v) is 7.14. The SMILES string of the molecule is COc1ccc(C(=O)/C=C/Nc2cccc(C(N)=O)c2)cc1OC. The molecule has 2 rings (SSSR count). The fraction of sp³-hybridized carbons (Fsp3) is 0.111. The second-order valence-electron chi connectivity index (χ2n) is 4.86. The van der Waals surface area contributed by atoms with E-state index in [2.05, 4.69) is 5.32 Å². The zero-order valence-corrected chi connectivity index (χ0v) is 13.4. The number of primary amides is 1. The fourth-order valence-corrected chi connectivity index (χ4v) is 2.06. The average Bonchev–Trinajstić information content (AvgIpc) is 2.61. The monoisotopic (exact) mass is 326 g/mol. The molecule has 0 spiro atoms. The molecular weight excluding hydrogens is 308 g/mol. The molecule has 0 aliphatic heterocycles. The molecule has 0 radical (unpaired) electrons. The van der Waals surface area contributed by atoms with Gasteiger partial charge in [-0.15, -0.1) is 0 Å². The Bertz CT molecular complexity index is 784. The maximum Gasteiger partial charge on any atom is 0.248 e. The summed E-state index contributed by atoms with van der Waals surface area (Å²) in [5.74, 6) is 0.330. The van der Waals surface area contributed by atoms with E-state index in [1.165, 1.54) is 26.5 Å². The zero-order valence-electron chi connectivity index (χ0n) is 13.4. The van der Waals surface area contributed by atoms with E-state index in [1.54, 1.807) is 42.5 Å². The van der Waals surface area contributed by atoms with Crippen LogP contribution in [0.15, 0.2) is 54.7 Å². The Labute approximate surface area is 139 Å². The van der Waals surface area contributed by atoms with Crippen LogP contribution < -0.4 is 20.5 Å². The van der Waals surface area contributed by atoms with Crippen molar-refractivity contribution in [3.8, 4) is 11.5 Å². The Morgan fingerprint density at radius 2 is 1.75 bits per heavy atom. The van der Waals surface area contributed by atoms with Crippen LogP contribution >= 0.6 is 0 Å². The molecule has 1 amide bonds. The van der Waals surface area contributed by atoms with Crippen molar-refractivity contribution >= 4 is 17.4 Å². The van der Waals surface area contributed by atoms with E-state index in [0.29, 0.717) is 28.3 Å². The molecule has 2 aromatic carbocycles. The maximum atomic E-state index is 12.2. The summed E-state index contributed by atoms with van der Waals surface area (Å²) in [4.78, 5) is 23.3. The molecule has 0 saturated carbocycles. The summed E-state index contributed by atoms with van der Waals surface area (Å²) in [5, 5.41) is 2.93. The van der Waals surface area contributed by atoms with Gasteiger partial charge in [0.1, 0.15) is 0 Å². The van der Waals surface area contributed by atoms with Gasteiger partial charge in [0, 0.05) is 29.1 Å². The van der Waals surface area contributed by atoms with Crippen molar-refractivity contribution in [3.05, 3.63) is 65.9 Å². The van der Waals surface area contributed by atoms with E-state index >= 15 is 0 Å². The molecule has 2 aromatic rings. The molecule has 0 unspecified atom stereocenters. The maximum absolute atomic E-state index is 12.2. The molecule has 0 aliphatic rings. The highest BCUT2D eigenvalue weighted by Gasteiger charge is 2.08. The van der Waals surface area contributed by atoms with Crippen LogP contribution in [0.4, 0.5) is 5.69 Å². The smallest absolute Gasteiger partial charge is 0.248 e. The summed E-state index contributed by atoms with van der Waals surface area (Å²) in [6, 6.07) is 11.6. The number of nitrogens with one attached hydrogen (secondary N) is 1. The van der Waals surface area contributed by atoms with E-state index in [0.717, 1.165) is 0 Å². The van der Waals surface area contributed by atoms with Crippen LogP contribution in [0, 0.1) is 0 Å². The molecule has 0 aliphatic carbocycles. The first kappa shape index (κ1) is 17.1. The van der Waals surface area contributed by atoms with Crippen molar-refractivity contribution < 1.29 is 19.1 Å². The number of rotatable bonds is 7. The van der Waals surface area contributed by atoms with Crippen LogP contribution in [0.1, 0.15) is 20.7 Å². The van der Waals surface area contributed by atoms with Crippen molar-refractivity contribution in [1.29, 1.82) is 0 Å². The predicted molar refractivity (Wildman–Crippen MR) is 91.6 cm³/mol. The second kappa shape index (κ2) is 7.82. The number of ether oxygens (including phenoxy) is 2. The third kappa shape index (κ3) is 4.13. The van der Waals surface area contributed by atoms with Crippen molar-refractivity contribution in [2.75, 3.05) is 19.5 Å². The minimum Gasteiger partial charge on any atom is -0.493 e. The Balaban J connectivity index is 2.08. The molecular formula is C18H18N2O4. The number of carbonyl (C=O) groups is 2. The van der Waals surface area contributed by atoms with Crippen LogP contribution in [0.3, 0.4) is 0 Å². The van der Waals surface area contributed by atoms with Crippen molar-refractivity contribution in [1.82, 2.24) is 0 Å². The Morgan fingerprint density at radius 1 is 1.00 bits per heavy atom. The molecule has 24 heavy (non-hydrogen) atoms. The van der Waals surface area contributed by atoms with Gasteiger partial charge in [-0.25, -0.2) is 0 Å². The highest BCUT2D eigenvalue weighted by atomic mass is 16.5. The summed E-state index contributed by atoms with van der Waals surface area (Å²) in [6.45, 7) is 0. The lowest BCUT2D eigenvalue weighted by atomic mass is 10.1. The molecule has 0 bridgehead atoms. The van der Waals surface area contributed by atoms with Gasteiger partial charge in [0.2, 0.25) is 5.91 Å². The number of anilines is 1. The van der Waals surface area contributed by atoms with Crippen LogP contribution in [0.2, 0.25) is 0 Å². The van der Waals surface area contributed by atoms with E-state index < -0.39 is 5.91 Å². The van der Waals surface area contributed by atoms with E-state index in [4.69, 9.17) is 15.2 Å².